The quantitative estimate of drug-likeness (QED) is 0.120. The summed E-state index contributed by atoms with van der Waals surface area (Å²) in [6, 6.07) is 124. The van der Waals surface area contributed by atoms with Crippen LogP contribution in [0.2, 0.25) is 0 Å². The van der Waals surface area contributed by atoms with Crippen LogP contribution in [0.1, 0.15) is 84.8 Å². The average Bonchev–Trinajstić information content (AvgIpc) is 0.781. The highest BCUT2D eigenvalue weighted by Crippen LogP contribution is 2.57. The minimum absolute atomic E-state index is 0.0896. The monoisotopic (exact) mass is 1360 g/mol. The summed E-state index contributed by atoms with van der Waals surface area (Å²) >= 11 is 0. The van der Waals surface area contributed by atoms with Crippen molar-refractivity contribution in [3.8, 4) is 83.6 Å². The zero-order valence-electron chi connectivity index (χ0n) is 61.3. The van der Waals surface area contributed by atoms with Crippen LogP contribution in [0, 0.1) is 11.8 Å². The van der Waals surface area contributed by atoms with Crippen LogP contribution in [-0.2, 0) is 10.8 Å². The molecule has 512 valence electrons. The number of fused-ring (bicyclic) bond motifs is 7. The van der Waals surface area contributed by atoms with Crippen molar-refractivity contribution in [2.24, 2.45) is 11.8 Å². The van der Waals surface area contributed by atoms with Crippen molar-refractivity contribution in [2.45, 2.75) is 96.6 Å². The molecule has 4 aliphatic heterocycles. The first-order valence-corrected chi connectivity index (χ1v) is 38.5. The van der Waals surface area contributed by atoms with Gasteiger partial charge in [0.15, 0.2) is 0 Å². The highest BCUT2D eigenvalue weighted by Gasteiger charge is 2.50. The van der Waals surface area contributed by atoms with Gasteiger partial charge in [-0.05, 0) is 217 Å². The predicted octanol–water partition coefficient (Wildman–Crippen LogP) is 24.9. The van der Waals surface area contributed by atoms with Crippen LogP contribution in [0.25, 0.3) is 105 Å². The molecule has 2 saturated heterocycles. The molecule has 0 atom stereocenters. The Labute approximate surface area is 624 Å². The standard InChI is InChI=1S/C101H85BN4/c1-100(2,3)77-43-48-91-87(60-77)88-61-78(101(4,5)6)44-49-92(88)104(91)82-63-95-97-96(64-82)106(99-85(72-38-24-12-25-39-72)57-76(69-32-18-9-19-33-69)58-86(99)73-40-26-13-27-41-73)94-62-79(103-80-51-65-50-66(53-80)54-81(103)52-65)45-47-90(94)102(97)89-46-42-74(67-28-14-7-15-29-67)59-93(89)105(95)98-83(70-34-20-10-21-35-70)55-75(68-30-16-8-17-31-68)56-84(98)71-36-22-11-23-37-71/h7-49,55-66,80-81H,50-54H2,1-6H3. The summed E-state index contributed by atoms with van der Waals surface area (Å²) < 4.78 is 2.64. The SMILES string of the molecule is CC(C)(C)c1ccc2c(c1)c1cc(C(C)(C)C)ccc1n2-c1cc2c3c(c1)N(c1c(-c4ccccc4)cc(-c4ccccc4)cc1-c1ccccc1)c1cc(N4C5CC6CC(C5)CC4C6)ccc1B3c1ccc(-c3ccccc3)cc1N2c1c(-c2ccccc2)cc(-c2ccccc2)cc1-c1ccccc1. The Morgan fingerprint density at radius 1 is 0.283 bits per heavy atom. The first kappa shape index (κ1) is 64.0. The van der Waals surface area contributed by atoms with Gasteiger partial charge in [0.25, 0.3) is 6.71 Å². The van der Waals surface area contributed by atoms with Gasteiger partial charge in [-0.3, -0.25) is 0 Å². The summed E-state index contributed by atoms with van der Waals surface area (Å²) in [6.45, 7) is 13.9. The molecular weight excluding hydrogens is 1280 g/mol. The molecule has 0 spiro atoms. The van der Waals surface area contributed by atoms with Gasteiger partial charge in [-0.25, -0.2) is 0 Å². The third kappa shape index (κ3) is 10.7. The van der Waals surface area contributed by atoms with Gasteiger partial charge in [0.1, 0.15) is 0 Å². The number of anilines is 7. The van der Waals surface area contributed by atoms with Crippen LogP contribution in [0.5, 0.6) is 0 Å². The zero-order valence-corrected chi connectivity index (χ0v) is 61.3. The van der Waals surface area contributed by atoms with Crippen molar-refractivity contribution < 1.29 is 0 Å². The van der Waals surface area contributed by atoms with E-state index in [0.29, 0.717) is 12.1 Å². The first-order chi connectivity index (χ1) is 51.8. The van der Waals surface area contributed by atoms with Crippen molar-refractivity contribution in [3.05, 3.63) is 333 Å². The number of nitrogens with zero attached hydrogens (tertiary/aromatic N) is 4. The molecule has 15 aromatic rings. The van der Waals surface area contributed by atoms with Crippen LogP contribution >= 0.6 is 0 Å². The largest absolute Gasteiger partial charge is 0.365 e. The molecule has 4 bridgehead atoms. The third-order valence-corrected chi connectivity index (χ3v) is 24.3. The van der Waals surface area contributed by atoms with E-state index < -0.39 is 0 Å². The van der Waals surface area contributed by atoms with Crippen molar-refractivity contribution in [3.63, 3.8) is 0 Å². The number of hydrogen-bond donors (Lipinski definition) is 0. The molecule has 14 aromatic carbocycles. The highest BCUT2D eigenvalue weighted by atomic mass is 15.2. The Morgan fingerprint density at radius 3 is 1.00 bits per heavy atom. The van der Waals surface area contributed by atoms with E-state index >= 15 is 0 Å². The number of rotatable bonds is 11. The van der Waals surface area contributed by atoms with Crippen molar-refractivity contribution >= 4 is 84.7 Å². The van der Waals surface area contributed by atoms with Gasteiger partial charge in [-0.2, -0.15) is 0 Å². The van der Waals surface area contributed by atoms with E-state index in [1.807, 2.05) is 0 Å². The maximum absolute atomic E-state index is 2.92. The van der Waals surface area contributed by atoms with Gasteiger partial charge in [0.05, 0.1) is 28.1 Å². The van der Waals surface area contributed by atoms with E-state index in [2.05, 4.69) is 382 Å². The predicted molar refractivity (Wildman–Crippen MR) is 450 cm³/mol. The molecule has 4 fully saturated rings. The molecule has 2 saturated carbocycles. The molecule has 5 heterocycles. The van der Waals surface area contributed by atoms with Gasteiger partial charge >= 0.3 is 0 Å². The summed E-state index contributed by atoms with van der Waals surface area (Å²) in [6.07, 6.45) is 6.47. The Morgan fingerprint density at radius 2 is 0.623 bits per heavy atom. The minimum atomic E-state index is -0.210. The molecule has 5 heteroatoms. The maximum Gasteiger partial charge on any atom is 0.252 e. The van der Waals surface area contributed by atoms with Gasteiger partial charge in [0.2, 0.25) is 0 Å². The van der Waals surface area contributed by atoms with Crippen molar-refractivity contribution in [1.29, 1.82) is 0 Å². The summed E-state index contributed by atoms with van der Waals surface area (Å²) in [7, 11) is 0. The van der Waals surface area contributed by atoms with E-state index in [0.717, 1.165) is 84.9 Å². The maximum atomic E-state index is 2.92. The fourth-order valence-corrected chi connectivity index (χ4v) is 19.4. The van der Waals surface area contributed by atoms with E-state index in [-0.39, 0.29) is 17.5 Å². The van der Waals surface area contributed by atoms with E-state index in [1.54, 1.807) is 0 Å². The minimum Gasteiger partial charge on any atom is -0.365 e. The lowest BCUT2D eigenvalue weighted by molar-refractivity contribution is 0.0900. The highest BCUT2D eigenvalue weighted by molar-refractivity contribution is 7.00. The zero-order chi connectivity index (χ0) is 71.1. The molecule has 4 nitrogen and oxygen atoms in total. The summed E-state index contributed by atoms with van der Waals surface area (Å²) in [4.78, 5) is 8.47. The fraction of sp³-hybridized carbons (Fsp3) is 0.168. The van der Waals surface area contributed by atoms with E-state index in [4.69, 9.17) is 0 Å². The van der Waals surface area contributed by atoms with Gasteiger partial charge < -0.3 is 19.3 Å². The molecule has 1 aromatic heterocycles. The number of aromatic nitrogens is 1. The molecular formula is C101H85BN4. The first-order valence-electron chi connectivity index (χ1n) is 38.5. The lowest BCUT2D eigenvalue weighted by atomic mass is 9.33. The Kier molecular flexibility index (Phi) is 15.1. The molecule has 0 radical (unpaired) electrons. The van der Waals surface area contributed by atoms with Crippen LogP contribution in [0.3, 0.4) is 0 Å². The molecule has 0 unspecified atom stereocenters. The number of benzene rings is 14. The number of hydrogen-bond acceptors (Lipinski definition) is 3. The summed E-state index contributed by atoms with van der Waals surface area (Å²) in [5, 5.41) is 2.51. The van der Waals surface area contributed by atoms with Crippen LogP contribution in [0.15, 0.2) is 322 Å². The van der Waals surface area contributed by atoms with Crippen LogP contribution in [-0.4, -0.2) is 23.4 Å². The molecule has 0 amide bonds. The summed E-state index contributed by atoms with van der Waals surface area (Å²) in [5.74, 6) is 1.62. The molecule has 0 N–H and O–H groups in total. The second-order valence-electron chi connectivity index (χ2n) is 32.8. The van der Waals surface area contributed by atoms with Crippen LogP contribution < -0.4 is 31.1 Å². The third-order valence-electron chi connectivity index (χ3n) is 24.3. The fourth-order valence-electron chi connectivity index (χ4n) is 19.4. The molecule has 6 aliphatic rings. The second kappa shape index (κ2) is 25.0. The van der Waals surface area contributed by atoms with Crippen LogP contribution in [0.4, 0.5) is 39.8 Å². The Bertz CT molecular complexity index is 5690. The van der Waals surface area contributed by atoms with E-state index in [9.17, 15) is 0 Å². The van der Waals surface area contributed by atoms with Gasteiger partial charge in [-0.15, -0.1) is 0 Å². The van der Waals surface area contributed by atoms with Gasteiger partial charge in [-0.1, -0.05) is 284 Å². The Hall–Kier alpha value is -11.7. The topological polar surface area (TPSA) is 14.7 Å². The smallest absolute Gasteiger partial charge is 0.252 e. The normalized spacial score (nSPS) is 17.1. The Balaban J connectivity index is 0.987. The lowest BCUT2D eigenvalue weighted by Gasteiger charge is -2.57. The average molecular weight is 1370 g/mol. The van der Waals surface area contributed by atoms with E-state index in [1.165, 1.54) is 132 Å². The van der Waals surface area contributed by atoms with Crippen molar-refractivity contribution in [1.82, 2.24) is 4.57 Å². The number of piperidine rings is 2. The molecule has 106 heavy (non-hydrogen) atoms. The van der Waals surface area contributed by atoms with Crippen molar-refractivity contribution in [2.75, 3.05) is 14.7 Å². The van der Waals surface area contributed by atoms with Gasteiger partial charge in [0, 0.05) is 73.5 Å². The molecule has 21 rings (SSSR count). The molecule has 2 aliphatic carbocycles. The second-order valence-corrected chi connectivity index (χ2v) is 32.8. The summed E-state index contributed by atoms with van der Waals surface area (Å²) in [5.41, 5.74) is 34.3. The lowest BCUT2D eigenvalue weighted by Crippen LogP contribution is -2.62.